The van der Waals surface area contributed by atoms with Gasteiger partial charge in [-0.1, -0.05) is 50.4 Å². The summed E-state index contributed by atoms with van der Waals surface area (Å²) in [5.41, 5.74) is 8.85. The SMILES string of the molecule is CCCCCCCCOc1cc2nc(N(C)C)sc2cc1N=N. The number of thiazole rings is 1. The molecule has 0 aliphatic heterocycles. The summed E-state index contributed by atoms with van der Waals surface area (Å²) in [5.74, 6) is 0.664. The summed E-state index contributed by atoms with van der Waals surface area (Å²) in [6, 6.07) is 3.80. The molecule has 5 nitrogen and oxygen atoms in total. The van der Waals surface area contributed by atoms with E-state index in [1.165, 1.54) is 32.1 Å². The minimum Gasteiger partial charge on any atom is -0.491 e. The zero-order valence-corrected chi connectivity index (χ0v) is 15.1. The molecular weight excluding hydrogens is 308 g/mol. The molecule has 126 valence electrons. The normalized spacial score (nSPS) is 10.9. The smallest absolute Gasteiger partial charge is 0.185 e. The van der Waals surface area contributed by atoms with Gasteiger partial charge in [-0.2, -0.15) is 5.11 Å². The number of ether oxygens (including phenoxy) is 1. The van der Waals surface area contributed by atoms with E-state index in [4.69, 9.17) is 10.3 Å². The van der Waals surface area contributed by atoms with Crippen LogP contribution in [0.15, 0.2) is 17.2 Å². The summed E-state index contributed by atoms with van der Waals surface area (Å²) in [7, 11) is 3.95. The number of rotatable bonds is 10. The third-order valence-electron chi connectivity index (χ3n) is 3.72. The minimum atomic E-state index is 0.581. The zero-order valence-electron chi connectivity index (χ0n) is 14.3. The van der Waals surface area contributed by atoms with Gasteiger partial charge in [0.15, 0.2) is 5.13 Å². The van der Waals surface area contributed by atoms with Crippen molar-refractivity contribution >= 4 is 32.4 Å². The number of benzene rings is 1. The van der Waals surface area contributed by atoms with Crippen LogP contribution in [-0.4, -0.2) is 25.7 Å². The maximum absolute atomic E-state index is 7.36. The first-order valence-electron chi connectivity index (χ1n) is 8.28. The van der Waals surface area contributed by atoms with Gasteiger partial charge in [0.1, 0.15) is 11.4 Å². The Hall–Kier alpha value is -1.69. The molecule has 0 fully saturated rings. The van der Waals surface area contributed by atoms with E-state index in [1.54, 1.807) is 11.3 Å². The number of nitrogens with one attached hydrogen (secondary N) is 1. The first kappa shape index (κ1) is 17.7. The van der Waals surface area contributed by atoms with E-state index in [9.17, 15) is 0 Å². The highest BCUT2D eigenvalue weighted by molar-refractivity contribution is 7.22. The van der Waals surface area contributed by atoms with Crippen LogP contribution in [0.1, 0.15) is 45.4 Å². The van der Waals surface area contributed by atoms with Crippen LogP contribution in [0.2, 0.25) is 0 Å². The molecule has 1 aromatic heterocycles. The second-order valence-corrected chi connectivity index (χ2v) is 6.92. The van der Waals surface area contributed by atoms with Gasteiger partial charge in [-0.15, -0.1) is 0 Å². The Morgan fingerprint density at radius 3 is 2.61 bits per heavy atom. The Labute approximate surface area is 142 Å². The third-order valence-corrected chi connectivity index (χ3v) is 4.90. The molecule has 0 spiro atoms. The van der Waals surface area contributed by atoms with Crippen LogP contribution in [0.3, 0.4) is 0 Å². The van der Waals surface area contributed by atoms with E-state index in [-0.39, 0.29) is 0 Å². The average Bonchev–Trinajstić information content (AvgIpc) is 2.96. The molecule has 23 heavy (non-hydrogen) atoms. The van der Waals surface area contributed by atoms with Gasteiger partial charge >= 0.3 is 0 Å². The van der Waals surface area contributed by atoms with E-state index in [0.717, 1.165) is 21.8 Å². The standard InChI is InChI=1S/C17H26N4OS/c1-4-5-6-7-8-9-10-22-15-11-14-16(12-13(15)20-18)23-17(19-14)21(2)3/h11-12,18H,4-10H2,1-3H3. The molecule has 0 saturated carbocycles. The van der Waals surface area contributed by atoms with Crippen molar-refractivity contribution in [2.24, 2.45) is 5.11 Å². The van der Waals surface area contributed by atoms with Crippen molar-refractivity contribution in [3.05, 3.63) is 12.1 Å². The van der Waals surface area contributed by atoms with Crippen LogP contribution in [0.25, 0.3) is 10.2 Å². The molecule has 6 heteroatoms. The second-order valence-electron chi connectivity index (χ2n) is 5.91. The van der Waals surface area contributed by atoms with Gasteiger partial charge in [-0.3, -0.25) is 0 Å². The highest BCUT2D eigenvalue weighted by atomic mass is 32.1. The minimum absolute atomic E-state index is 0.581. The van der Waals surface area contributed by atoms with E-state index < -0.39 is 0 Å². The lowest BCUT2D eigenvalue weighted by molar-refractivity contribution is 0.305. The number of nitrogens with zero attached hydrogens (tertiary/aromatic N) is 3. The summed E-state index contributed by atoms with van der Waals surface area (Å²) in [6.07, 6.45) is 7.40. The Kier molecular flexibility index (Phi) is 6.77. The molecule has 2 aromatic rings. The van der Waals surface area contributed by atoms with E-state index in [2.05, 4.69) is 17.0 Å². The summed E-state index contributed by atoms with van der Waals surface area (Å²) < 4.78 is 6.88. The summed E-state index contributed by atoms with van der Waals surface area (Å²) in [6.45, 7) is 2.90. The molecule has 0 aliphatic rings. The molecule has 1 aromatic carbocycles. The predicted molar refractivity (Wildman–Crippen MR) is 97.6 cm³/mol. The highest BCUT2D eigenvalue weighted by Gasteiger charge is 2.11. The number of anilines is 1. The van der Waals surface area contributed by atoms with Crippen LogP contribution in [-0.2, 0) is 0 Å². The van der Waals surface area contributed by atoms with Crippen LogP contribution < -0.4 is 9.64 Å². The van der Waals surface area contributed by atoms with Crippen molar-refractivity contribution < 1.29 is 4.74 Å². The molecule has 0 atom stereocenters. The summed E-state index contributed by atoms with van der Waals surface area (Å²) in [4.78, 5) is 6.57. The fraction of sp³-hybridized carbons (Fsp3) is 0.588. The van der Waals surface area contributed by atoms with E-state index in [0.29, 0.717) is 18.0 Å². The molecule has 0 amide bonds. The van der Waals surface area contributed by atoms with Crippen LogP contribution >= 0.6 is 11.3 Å². The Morgan fingerprint density at radius 1 is 1.17 bits per heavy atom. The maximum atomic E-state index is 7.36. The largest absolute Gasteiger partial charge is 0.491 e. The van der Waals surface area contributed by atoms with Gasteiger partial charge in [-0.05, 0) is 12.5 Å². The van der Waals surface area contributed by atoms with E-state index >= 15 is 0 Å². The van der Waals surface area contributed by atoms with Crippen molar-refractivity contribution in [3.8, 4) is 5.75 Å². The zero-order chi connectivity index (χ0) is 16.7. The monoisotopic (exact) mass is 334 g/mol. The van der Waals surface area contributed by atoms with Crippen molar-refractivity contribution in [3.63, 3.8) is 0 Å². The lowest BCUT2D eigenvalue weighted by atomic mass is 10.1. The quantitative estimate of drug-likeness (QED) is 0.443. The van der Waals surface area contributed by atoms with Crippen molar-refractivity contribution in [2.45, 2.75) is 45.4 Å². The summed E-state index contributed by atoms with van der Waals surface area (Å²) in [5, 5.41) is 4.55. The van der Waals surface area contributed by atoms with Crippen LogP contribution in [0.5, 0.6) is 5.75 Å². The van der Waals surface area contributed by atoms with Crippen LogP contribution in [0.4, 0.5) is 10.8 Å². The van der Waals surface area contributed by atoms with E-state index in [1.807, 2.05) is 31.1 Å². The van der Waals surface area contributed by atoms with Gasteiger partial charge in [0.2, 0.25) is 0 Å². The summed E-state index contributed by atoms with van der Waals surface area (Å²) >= 11 is 1.60. The predicted octanol–water partition coefficient (Wildman–Crippen LogP) is 5.76. The lowest BCUT2D eigenvalue weighted by Gasteiger charge is -2.08. The van der Waals surface area contributed by atoms with Gasteiger partial charge in [0, 0.05) is 20.2 Å². The second kappa shape index (κ2) is 8.82. The number of hydrogen-bond donors (Lipinski definition) is 1. The number of unbranched alkanes of at least 4 members (excludes halogenated alkanes) is 5. The van der Waals surface area contributed by atoms with Crippen molar-refractivity contribution in [2.75, 3.05) is 25.6 Å². The topological polar surface area (TPSA) is 61.6 Å². The van der Waals surface area contributed by atoms with Gasteiger partial charge in [0.25, 0.3) is 0 Å². The van der Waals surface area contributed by atoms with Crippen molar-refractivity contribution in [1.82, 2.24) is 4.98 Å². The Bertz CT molecular complexity index is 639. The molecule has 0 unspecified atom stereocenters. The molecular formula is C17H26N4OS. The highest BCUT2D eigenvalue weighted by Crippen LogP contribution is 2.37. The number of fused-ring (bicyclic) bond motifs is 1. The molecule has 2 rings (SSSR count). The fourth-order valence-corrected chi connectivity index (χ4v) is 3.29. The Morgan fingerprint density at radius 2 is 1.91 bits per heavy atom. The van der Waals surface area contributed by atoms with Gasteiger partial charge < -0.3 is 9.64 Å². The van der Waals surface area contributed by atoms with Crippen molar-refractivity contribution in [1.29, 1.82) is 5.53 Å². The maximum Gasteiger partial charge on any atom is 0.185 e. The molecule has 0 radical (unpaired) electrons. The average molecular weight is 334 g/mol. The Balaban J connectivity index is 1.97. The molecule has 1 N–H and O–H groups in total. The first-order valence-corrected chi connectivity index (χ1v) is 9.09. The number of aromatic nitrogens is 1. The number of hydrogen-bond acceptors (Lipinski definition) is 6. The molecule has 1 heterocycles. The molecule has 0 saturated heterocycles. The third kappa shape index (κ3) is 4.89. The fourth-order valence-electron chi connectivity index (χ4n) is 2.39. The molecule has 0 bridgehead atoms. The lowest BCUT2D eigenvalue weighted by Crippen LogP contribution is -2.07. The van der Waals surface area contributed by atoms with Crippen LogP contribution in [0, 0.1) is 5.53 Å². The van der Waals surface area contributed by atoms with Gasteiger partial charge in [-0.25, -0.2) is 10.5 Å². The first-order chi connectivity index (χ1) is 11.2. The molecule has 0 aliphatic carbocycles. The van der Waals surface area contributed by atoms with Gasteiger partial charge in [0.05, 0.1) is 16.8 Å².